The van der Waals surface area contributed by atoms with E-state index < -0.39 is 218 Å². The standard InChI is InChI=1S/C35H58O29/c36-1-9-15(40)22(47)32(56-9)62-26-8(39)4-53-31(25(26)50)61-14-7-55-35(60-13-6-54-30(21(46)19(13)44)59-12-5-52-29(51)20(45)18(12)43)28(64-34-24(49)17(42)11(3-38)58-34)27(14)63-33-23(48)16(41)10(2-37)57-33/h8-51H,1-7H2/t8-,9-,10-,11-,12-,13-,14-,15-,16-,17-,18+,19+,20-,21-,22+,23+,24+,25-,26+,27+,28-,29-,30+,31+,32-,33-,34-,35+/m1/s1. The maximum absolute atomic E-state index is 11.4. The second-order valence-electron chi connectivity index (χ2n) is 16.3. The van der Waals surface area contributed by atoms with Crippen molar-refractivity contribution in [3.8, 4) is 0 Å². The van der Waals surface area contributed by atoms with Crippen LogP contribution in [0.3, 0.4) is 0 Å². The van der Waals surface area contributed by atoms with Gasteiger partial charge in [0.15, 0.2) is 44.0 Å². The highest BCUT2D eigenvalue weighted by Gasteiger charge is 2.56. The highest BCUT2D eigenvalue weighted by Crippen LogP contribution is 2.37. The Kier molecular flexibility index (Phi) is 17.1. The fourth-order valence-corrected chi connectivity index (χ4v) is 8.17. The molecule has 16 N–H and O–H groups in total. The number of hydrogen-bond donors (Lipinski definition) is 16. The van der Waals surface area contributed by atoms with Gasteiger partial charge in [-0.15, -0.1) is 0 Å². The molecule has 0 spiro atoms. The molecule has 0 aromatic heterocycles. The zero-order chi connectivity index (χ0) is 46.3. The number of ether oxygens (including phenoxy) is 13. The van der Waals surface area contributed by atoms with Crippen LogP contribution >= 0.6 is 0 Å². The van der Waals surface area contributed by atoms with Gasteiger partial charge in [0.05, 0.1) is 46.2 Å². The first kappa shape index (κ1) is 50.7. The lowest BCUT2D eigenvalue weighted by molar-refractivity contribution is -0.384. The van der Waals surface area contributed by atoms with Gasteiger partial charge in [-0.25, -0.2) is 0 Å². The minimum atomic E-state index is -1.94. The van der Waals surface area contributed by atoms with Crippen molar-refractivity contribution in [3.63, 3.8) is 0 Å². The molecule has 7 heterocycles. The van der Waals surface area contributed by atoms with E-state index in [2.05, 4.69) is 0 Å². The topological polar surface area (TPSA) is 444 Å². The molecule has 64 heavy (non-hydrogen) atoms. The molecule has 0 radical (unpaired) electrons. The predicted octanol–water partition coefficient (Wildman–Crippen LogP) is -11.8. The van der Waals surface area contributed by atoms with Crippen LogP contribution in [-0.4, -0.2) is 300 Å². The van der Waals surface area contributed by atoms with Gasteiger partial charge in [0.1, 0.15) is 128 Å². The molecule has 29 nitrogen and oxygen atoms in total. The van der Waals surface area contributed by atoms with Gasteiger partial charge >= 0.3 is 0 Å². The molecule has 7 aliphatic rings. The summed E-state index contributed by atoms with van der Waals surface area (Å²) < 4.78 is 74.0. The van der Waals surface area contributed by atoms with Crippen molar-refractivity contribution in [2.45, 2.75) is 172 Å². The summed E-state index contributed by atoms with van der Waals surface area (Å²) in [5, 5.41) is 167. The third-order valence-electron chi connectivity index (χ3n) is 12.0. The molecule has 0 unspecified atom stereocenters. The lowest BCUT2D eigenvalue weighted by atomic mass is 10.0. The fraction of sp³-hybridized carbons (Fsp3) is 1.00. The summed E-state index contributed by atoms with van der Waals surface area (Å²) in [7, 11) is 0. The van der Waals surface area contributed by atoms with Crippen LogP contribution in [0.2, 0.25) is 0 Å². The SMILES string of the molecule is OC[C@H]1O[C@H](O[C@@H]2[C@@H](O)[C@H](O[C@@H]3CO[C@@H](O[C@@H]4CO[C@@H](O[C@@H]5CO[C@@H](O)[C@H](O)[C@H]5O)[C@H](O)[C@H]4O)[C@H](O[C@H]4O[C@H](CO)[C@@H](O)[C@@H]4O)[C@H]3O[C@H]3O[C@H](CO)[C@@H](O)[C@@H]3O)OC[C@H]2O)[C@@H](O)[C@@H]1O. The van der Waals surface area contributed by atoms with Gasteiger partial charge in [0, 0.05) is 0 Å². The van der Waals surface area contributed by atoms with Crippen molar-refractivity contribution in [1.82, 2.24) is 0 Å². The summed E-state index contributed by atoms with van der Waals surface area (Å²) >= 11 is 0. The minimum absolute atomic E-state index is 0.442. The highest BCUT2D eigenvalue weighted by molar-refractivity contribution is 4.97. The monoisotopic (exact) mass is 942 g/mol. The van der Waals surface area contributed by atoms with E-state index in [4.69, 9.17) is 61.6 Å². The number of aliphatic hydroxyl groups is 16. The Bertz CT molecular complexity index is 1460. The summed E-state index contributed by atoms with van der Waals surface area (Å²) in [6.07, 6.45) is -47.2. The van der Waals surface area contributed by atoms with E-state index >= 15 is 0 Å². The van der Waals surface area contributed by atoms with Gasteiger partial charge in [0.2, 0.25) is 0 Å². The summed E-state index contributed by atoms with van der Waals surface area (Å²) in [5.74, 6) is 0. The van der Waals surface area contributed by atoms with Crippen LogP contribution in [0, 0.1) is 0 Å². The largest absolute Gasteiger partial charge is 0.394 e. The molecule has 0 bridgehead atoms. The molecular formula is C35H58O29. The Morgan fingerprint density at radius 3 is 1.20 bits per heavy atom. The third kappa shape index (κ3) is 10.4. The van der Waals surface area contributed by atoms with Gasteiger partial charge in [0.25, 0.3) is 0 Å². The summed E-state index contributed by atoms with van der Waals surface area (Å²) in [6.45, 7) is -4.53. The molecule has 7 saturated heterocycles. The van der Waals surface area contributed by atoms with Crippen LogP contribution in [0.1, 0.15) is 0 Å². The van der Waals surface area contributed by atoms with Crippen molar-refractivity contribution in [2.24, 2.45) is 0 Å². The van der Waals surface area contributed by atoms with E-state index in [0.717, 1.165) is 0 Å². The molecule has 0 amide bonds. The van der Waals surface area contributed by atoms with Gasteiger partial charge in [-0.05, 0) is 0 Å². The highest BCUT2D eigenvalue weighted by atomic mass is 16.8. The van der Waals surface area contributed by atoms with Crippen LogP contribution in [0.15, 0.2) is 0 Å². The van der Waals surface area contributed by atoms with Crippen molar-refractivity contribution < 1.29 is 143 Å². The van der Waals surface area contributed by atoms with Crippen molar-refractivity contribution in [3.05, 3.63) is 0 Å². The Labute approximate surface area is 361 Å². The minimum Gasteiger partial charge on any atom is -0.394 e. The van der Waals surface area contributed by atoms with Crippen LogP contribution in [0.25, 0.3) is 0 Å². The van der Waals surface area contributed by atoms with Gasteiger partial charge in [-0.1, -0.05) is 0 Å². The second kappa shape index (κ2) is 21.6. The predicted molar refractivity (Wildman–Crippen MR) is 190 cm³/mol. The first-order chi connectivity index (χ1) is 30.5. The van der Waals surface area contributed by atoms with E-state index in [9.17, 15) is 81.7 Å². The van der Waals surface area contributed by atoms with E-state index in [-0.39, 0.29) is 0 Å². The molecular weight excluding hydrogens is 884 g/mol. The van der Waals surface area contributed by atoms with Crippen LogP contribution < -0.4 is 0 Å². The lowest BCUT2D eigenvalue weighted by Gasteiger charge is -2.47. The number of hydrogen-bond acceptors (Lipinski definition) is 29. The van der Waals surface area contributed by atoms with E-state index in [1.54, 1.807) is 0 Å². The van der Waals surface area contributed by atoms with Gasteiger partial charge in [-0.2, -0.15) is 0 Å². The summed E-state index contributed by atoms with van der Waals surface area (Å²) in [5.41, 5.74) is 0. The molecule has 7 aliphatic heterocycles. The quantitative estimate of drug-likeness (QED) is 0.0725. The molecule has 0 saturated carbocycles. The van der Waals surface area contributed by atoms with Crippen molar-refractivity contribution in [1.29, 1.82) is 0 Å². The first-order valence-electron chi connectivity index (χ1n) is 20.5. The van der Waals surface area contributed by atoms with E-state index in [1.165, 1.54) is 0 Å². The number of aliphatic hydroxyl groups excluding tert-OH is 16. The van der Waals surface area contributed by atoms with Gasteiger partial charge < -0.3 is 143 Å². The zero-order valence-corrected chi connectivity index (χ0v) is 33.6. The van der Waals surface area contributed by atoms with Crippen LogP contribution in [-0.2, 0) is 61.6 Å². The molecule has 0 aliphatic carbocycles. The molecule has 0 aromatic rings. The first-order valence-corrected chi connectivity index (χ1v) is 20.5. The molecule has 0 aromatic carbocycles. The maximum atomic E-state index is 11.4. The normalized spacial score (nSPS) is 53.8. The average molecular weight is 943 g/mol. The Morgan fingerprint density at radius 2 is 0.688 bits per heavy atom. The summed E-state index contributed by atoms with van der Waals surface area (Å²) in [6, 6.07) is 0. The van der Waals surface area contributed by atoms with Crippen molar-refractivity contribution >= 4 is 0 Å². The zero-order valence-electron chi connectivity index (χ0n) is 33.6. The molecule has 29 heteroatoms. The molecule has 28 atom stereocenters. The Hall–Kier alpha value is -1.16. The molecule has 372 valence electrons. The summed E-state index contributed by atoms with van der Waals surface area (Å²) in [4.78, 5) is 0. The Morgan fingerprint density at radius 1 is 0.312 bits per heavy atom. The maximum Gasteiger partial charge on any atom is 0.187 e. The number of rotatable bonds is 15. The van der Waals surface area contributed by atoms with Crippen LogP contribution in [0.4, 0.5) is 0 Å². The fourth-order valence-electron chi connectivity index (χ4n) is 8.17. The molecule has 7 fully saturated rings. The lowest BCUT2D eigenvalue weighted by Crippen LogP contribution is -2.64. The second-order valence-corrected chi connectivity index (χ2v) is 16.3. The average Bonchev–Trinajstić information content (AvgIpc) is 3.83. The molecule has 7 rings (SSSR count). The third-order valence-corrected chi connectivity index (χ3v) is 12.0. The van der Waals surface area contributed by atoms with E-state index in [0.29, 0.717) is 0 Å². The van der Waals surface area contributed by atoms with Crippen molar-refractivity contribution in [2.75, 3.05) is 46.2 Å². The van der Waals surface area contributed by atoms with E-state index in [1.807, 2.05) is 0 Å². The Balaban J connectivity index is 1.13. The van der Waals surface area contributed by atoms with Crippen LogP contribution in [0.5, 0.6) is 0 Å². The smallest absolute Gasteiger partial charge is 0.187 e. The van der Waals surface area contributed by atoms with Gasteiger partial charge in [-0.3, -0.25) is 0 Å².